The van der Waals surface area contributed by atoms with E-state index in [4.69, 9.17) is 9.47 Å². The molecule has 7 heteroatoms. The summed E-state index contributed by atoms with van der Waals surface area (Å²) in [4.78, 5) is 12.1. The Bertz CT molecular complexity index is 802. The normalized spacial score (nSPS) is 55.6. The minimum atomic E-state index is -1.89. The maximum Gasteiger partial charge on any atom is 0.337 e. The lowest BCUT2D eigenvalue weighted by molar-refractivity contribution is -0.271. The second-order valence-electron chi connectivity index (χ2n) is 9.38. The average molecular weight is 378 g/mol. The number of hydrogen-bond donors (Lipinski definition) is 4. The van der Waals surface area contributed by atoms with Crippen molar-refractivity contribution in [1.82, 2.24) is 0 Å². The number of hydrogen-bond acceptors (Lipinski definition) is 7. The zero-order valence-electron chi connectivity index (χ0n) is 15.7. The van der Waals surface area contributed by atoms with Crippen molar-refractivity contribution in [2.24, 2.45) is 17.3 Å². The van der Waals surface area contributed by atoms with Crippen molar-refractivity contribution < 1.29 is 34.7 Å². The van der Waals surface area contributed by atoms with Crippen molar-refractivity contribution >= 4 is 5.97 Å². The van der Waals surface area contributed by atoms with E-state index in [0.29, 0.717) is 12.0 Å². The Morgan fingerprint density at radius 1 is 1.22 bits per heavy atom. The predicted octanol–water partition coefficient (Wildman–Crippen LogP) is -0.183. The molecule has 4 N–H and O–H groups in total. The number of cyclic esters (lactones) is 1. The Kier molecular flexibility index (Phi) is 3.19. The molecule has 148 valence electrons. The molecule has 1 saturated carbocycles. The third-order valence-corrected chi connectivity index (χ3v) is 8.16. The molecule has 7 nitrogen and oxygen atoms in total. The molecular formula is C20H26O7. The van der Waals surface area contributed by atoms with Gasteiger partial charge in [-0.05, 0) is 30.3 Å². The Morgan fingerprint density at radius 3 is 2.59 bits per heavy atom. The van der Waals surface area contributed by atoms with Gasteiger partial charge in [-0.3, -0.25) is 0 Å². The largest absolute Gasteiger partial charge is 0.458 e. The number of esters is 1. The van der Waals surface area contributed by atoms with E-state index in [0.717, 1.165) is 0 Å². The van der Waals surface area contributed by atoms with E-state index in [1.165, 1.54) is 0 Å². The van der Waals surface area contributed by atoms with Crippen LogP contribution in [0, 0.1) is 17.3 Å². The second-order valence-corrected chi connectivity index (χ2v) is 9.38. The Hall–Kier alpha value is -1.25. The van der Waals surface area contributed by atoms with Gasteiger partial charge in [0.05, 0.1) is 17.8 Å². The highest BCUT2D eigenvalue weighted by molar-refractivity contribution is 5.93. The lowest BCUT2D eigenvalue weighted by Gasteiger charge is -2.63. The molecule has 27 heavy (non-hydrogen) atoms. The summed E-state index contributed by atoms with van der Waals surface area (Å²) in [5, 5.41) is 45.3. The summed E-state index contributed by atoms with van der Waals surface area (Å²) in [6.45, 7) is 5.69. The van der Waals surface area contributed by atoms with Gasteiger partial charge in [0, 0.05) is 5.41 Å². The van der Waals surface area contributed by atoms with Gasteiger partial charge in [-0.15, -0.1) is 0 Å². The summed E-state index contributed by atoms with van der Waals surface area (Å²) < 4.78 is 11.4. The highest BCUT2D eigenvalue weighted by Gasteiger charge is 2.80. The molecule has 0 amide bonds. The van der Waals surface area contributed by atoms with Crippen LogP contribution in [0.25, 0.3) is 0 Å². The van der Waals surface area contributed by atoms with Crippen LogP contribution in [0.15, 0.2) is 23.3 Å². The predicted molar refractivity (Wildman–Crippen MR) is 92.3 cm³/mol. The van der Waals surface area contributed by atoms with E-state index in [1.54, 1.807) is 19.1 Å². The molecule has 2 aliphatic heterocycles. The summed E-state index contributed by atoms with van der Waals surface area (Å²) in [5.74, 6) is -0.941. The van der Waals surface area contributed by atoms with Crippen molar-refractivity contribution in [2.45, 2.75) is 68.7 Å². The molecule has 5 rings (SSSR count). The zero-order chi connectivity index (χ0) is 19.6. The molecule has 2 heterocycles. The van der Waals surface area contributed by atoms with Gasteiger partial charge >= 0.3 is 5.97 Å². The standard InChI is InChI=1S/C20H26O7/c1-9(2)18-4-5-19(24)17(3)7-12(21)14-10(8-26-15(14)22)11(17)6-13(27-18)20(19,25)16(18)23/h4-5,9,11-13,16,21,23-25H,6-8H2,1-3H3/t11-,12-,13-,16?,17-,18+,19+,20+/m0/s1. The molecule has 5 aliphatic rings. The lowest BCUT2D eigenvalue weighted by Crippen LogP contribution is -2.77. The first-order chi connectivity index (χ1) is 12.5. The van der Waals surface area contributed by atoms with Gasteiger partial charge in [-0.25, -0.2) is 4.79 Å². The lowest BCUT2D eigenvalue weighted by atomic mass is 9.44. The first kappa shape index (κ1) is 17.8. The summed E-state index contributed by atoms with van der Waals surface area (Å²) in [7, 11) is 0. The third kappa shape index (κ3) is 1.63. The molecule has 2 fully saturated rings. The van der Waals surface area contributed by atoms with E-state index < -0.39 is 46.5 Å². The van der Waals surface area contributed by atoms with Crippen molar-refractivity contribution in [1.29, 1.82) is 0 Å². The van der Waals surface area contributed by atoms with Crippen molar-refractivity contribution in [3.63, 3.8) is 0 Å². The van der Waals surface area contributed by atoms with E-state index in [2.05, 4.69) is 0 Å². The molecule has 0 aromatic rings. The van der Waals surface area contributed by atoms with Crippen molar-refractivity contribution in [3.8, 4) is 0 Å². The summed E-state index contributed by atoms with van der Waals surface area (Å²) in [6.07, 6.45) is 0.487. The van der Waals surface area contributed by atoms with E-state index in [9.17, 15) is 25.2 Å². The molecule has 0 aromatic carbocycles. The molecule has 0 radical (unpaired) electrons. The van der Waals surface area contributed by atoms with Gasteiger partial charge in [-0.1, -0.05) is 32.9 Å². The zero-order valence-corrected chi connectivity index (χ0v) is 15.7. The van der Waals surface area contributed by atoms with Gasteiger partial charge < -0.3 is 29.9 Å². The minimum absolute atomic E-state index is 0.0777. The third-order valence-electron chi connectivity index (χ3n) is 8.16. The van der Waals surface area contributed by atoms with Crippen LogP contribution in [0.3, 0.4) is 0 Å². The second kappa shape index (κ2) is 4.83. The number of fused-ring (bicyclic) bond motifs is 4. The molecule has 3 aliphatic carbocycles. The monoisotopic (exact) mass is 378 g/mol. The highest BCUT2D eigenvalue weighted by atomic mass is 16.6. The van der Waals surface area contributed by atoms with E-state index >= 15 is 0 Å². The average Bonchev–Trinajstić information content (AvgIpc) is 3.05. The number of aliphatic hydroxyl groups is 4. The topological polar surface area (TPSA) is 116 Å². The minimum Gasteiger partial charge on any atom is -0.458 e. The van der Waals surface area contributed by atoms with Gasteiger partial charge in [0.1, 0.15) is 23.9 Å². The van der Waals surface area contributed by atoms with Crippen LogP contribution in [0.4, 0.5) is 0 Å². The molecule has 2 bridgehead atoms. The van der Waals surface area contributed by atoms with E-state index in [-0.39, 0.29) is 30.4 Å². The quantitative estimate of drug-likeness (QED) is 0.369. The maximum atomic E-state index is 12.1. The van der Waals surface area contributed by atoms with Gasteiger partial charge in [-0.2, -0.15) is 0 Å². The SMILES string of the molecule is CC(C)[C@@]12C=C[C@@]3(O)[C@@]4(C)C[C@H](O)C5=C(COC5=O)[C@@H]4C[C@H](O1)[C@@]3(O)C2O. The number of carbonyl (C=O) groups is 1. The van der Waals surface area contributed by atoms with Crippen LogP contribution in [0.2, 0.25) is 0 Å². The smallest absolute Gasteiger partial charge is 0.337 e. The summed E-state index contributed by atoms with van der Waals surface area (Å²) in [6, 6.07) is 0. The maximum absolute atomic E-state index is 12.1. The number of aliphatic hydroxyl groups excluding tert-OH is 2. The van der Waals surface area contributed by atoms with Crippen LogP contribution in [-0.4, -0.2) is 68.1 Å². The van der Waals surface area contributed by atoms with E-state index in [1.807, 2.05) is 13.8 Å². The highest BCUT2D eigenvalue weighted by Crippen LogP contribution is 2.67. The van der Waals surface area contributed by atoms with Crippen molar-refractivity contribution in [3.05, 3.63) is 23.3 Å². The van der Waals surface area contributed by atoms with Gasteiger partial charge in [0.2, 0.25) is 0 Å². The van der Waals surface area contributed by atoms with Gasteiger partial charge in [0.15, 0.2) is 5.60 Å². The summed E-state index contributed by atoms with van der Waals surface area (Å²) >= 11 is 0. The number of ether oxygens (including phenoxy) is 2. The molecular weight excluding hydrogens is 352 g/mol. The molecule has 1 saturated heterocycles. The van der Waals surface area contributed by atoms with Crippen LogP contribution in [-0.2, 0) is 14.3 Å². The fourth-order valence-corrected chi connectivity index (χ4v) is 6.55. The summed E-state index contributed by atoms with van der Waals surface area (Å²) in [5.41, 5.74) is -4.81. The van der Waals surface area contributed by atoms with Gasteiger partial charge in [0.25, 0.3) is 0 Å². The first-order valence-electron chi connectivity index (χ1n) is 9.62. The Morgan fingerprint density at radius 2 is 1.93 bits per heavy atom. The molecule has 1 unspecified atom stereocenters. The van der Waals surface area contributed by atoms with Crippen LogP contribution < -0.4 is 0 Å². The van der Waals surface area contributed by atoms with Crippen LogP contribution >= 0.6 is 0 Å². The number of carbonyl (C=O) groups excluding carboxylic acids is 1. The Labute approximate surface area is 157 Å². The number of rotatable bonds is 1. The van der Waals surface area contributed by atoms with Crippen LogP contribution in [0.5, 0.6) is 0 Å². The van der Waals surface area contributed by atoms with Crippen LogP contribution in [0.1, 0.15) is 33.6 Å². The molecule has 0 aromatic heterocycles. The fourth-order valence-electron chi connectivity index (χ4n) is 6.55. The molecule has 8 atom stereocenters. The Balaban J connectivity index is 1.73. The first-order valence-corrected chi connectivity index (χ1v) is 9.62. The molecule has 0 spiro atoms. The fraction of sp³-hybridized carbons (Fsp3) is 0.750. The van der Waals surface area contributed by atoms with Crippen molar-refractivity contribution in [2.75, 3.05) is 6.61 Å².